The average molecular weight is 252 g/mol. The zero-order valence-corrected chi connectivity index (χ0v) is 12.4. The van der Waals surface area contributed by atoms with Crippen molar-refractivity contribution in [3.8, 4) is 0 Å². The molecule has 1 aromatic rings. The third kappa shape index (κ3) is 7.43. The summed E-state index contributed by atoms with van der Waals surface area (Å²) in [5, 5.41) is 0. The Morgan fingerprint density at radius 3 is 1.83 bits per heavy atom. The van der Waals surface area contributed by atoms with Crippen molar-refractivity contribution >= 4 is 0 Å². The van der Waals surface area contributed by atoms with Gasteiger partial charge in [0.1, 0.15) is 0 Å². The molecular formula is C15H28N2O. The number of nitrogens with zero attached hydrogens (tertiary/aromatic N) is 1. The second kappa shape index (κ2) is 10.1. The largest absolute Gasteiger partial charge is 0.300 e. The van der Waals surface area contributed by atoms with Crippen molar-refractivity contribution in [3.05, 3.63) is 35.9 Å². The van der Waals surface area contributed by atoms with Crippen molar-refractivity contribution in [1.82, 2.24) is 4.90 Å². The van der Waals surface area contributed by atoms with Crippen LogP contribution in [0, 0.1) is 0 Å². The molecule has 0 unspecified atom stereocenters. The van der Waals surface area contributed by atoms with E-state index >= 15 is 0 Å². The Morgan fingerprint density at radius 2 is 1.56 bits per heavy atom. The molecule has 0 atom stereocenters. The van der Waals surface area contributed by atoms with Gasteiger partial charge in [-0.25, -0.2) is 5.90 Å². The highest BCUT2D eigenvalue weighted by atomic mass is 16.6. The minimum Gasteiger partial charge on any atom is -0.300 e. The van der Waals surface area contributed by atoms with Gasteiger partial charge in [-0.1, -0.05) is 37.3 Å². The van der Waals surface area contributed by atoms with E-state index in [1.54, 1.807) is 0 Å². The smallest absolute Gasteiger partial charge is 0.0930 e. The van der Waals surface area contributed by atoms with Crippen LogP contribution >= 0.6 is 0 Å². The summed E-state index contributed by atoms with van der Waals surface area (Å²) in [6.45, 7) is 12.8. The van der Waals surface area contributed by atoms with Gasteiger partial charge in [-0.3, -0.25) is 9.74 Å². The van der Waals surface area contributed by atoms with Crippen LogP contribution in [-0.4, -0.2) is 23.5 Å². The van der Waals surface area contributed by atoms with Crippen LogP contribution in [-0.2, 0) is 11.4 Å². The lowest BCUT2D eigenvalue weighted by atomic mass is 10.2. The maximum Gasteiger partial charge on any atom is 0.0930 e. The monoisotopic (exact) mass is 252 g/mol. The number of hydrogen-bond donors (Lipinski definition) is 1. The number of benzene rings is 1. The lowest BCUT2D eigenvalue weighted by molar-refractivity contribution is 0.124. The predicted molar refractivity (Wildman–Crippen MR) is 78.1 cm³/mol. The minimum absolute atomic E-state index is 0.487. The molecule has 0 aliphatic rings. The van der Waals surface area contributed by atoms with Gasteiger partial charge in [-0.2, -0.15) is 0 Å². The fourth-order valence-corrected chi connectivity index (χ4v) is 2.00. The molecule has 0 bridgehead atoms. The highest BCUT2D eigenvalue weighted by molar-refractivity contribution is 5.13. The highest BCUT2D eigenvalue weighted by Gasteiger charge is 2.08. The molecule has 0 aromatic heterocycles. The Morgan fingerprint density at radius 1 is 1.06 bits per heavy atom. The van der Waals surface area contributed by atoms with E-state index in [-0.39, 0.29) is 0 Å². The van der Waals surface area contributed by atoms with E-state index in [0.29, 0.717) is 18.7 Å². The molecule has 0 aliphatic heterocycles. The Kier molecular flexibility index (Phi) is 9.56. The first-order chi connectivity index (χ1) is 8.52. The van der Waals surface area contributed by atoms with Gasteiger partial charge < -0.3 is 0 Å². The standard InChI is InChI=1S/C8H19N.C7H9NO/c1-6-9(7(2)3)8(4)5;8-9-6-7-4-2-1-3-5-7/h7-8H,6H2,1-5H3;1-5H,6,8H2. The van der Waals surface area contributed by atoms with Crippen LogP contribution in [0.15, 0.2) is 30.3 Å². The molecule has 0 aliphatic carbocycles. The summed E-state index contributed by atoms with van der Waals surface area (Å²) in [4.78, 5) is 6.89. The first-order valence-electron chi connectivity index (χ1n) is 6.64. The molecule has 18 heavy (non-hydrogen) atoms. The Balaban J connectivity index is 0.000000321. The van der Waals surface area contributed by atoms with Gasteiger partial charge in [-0.15, -0.1) is 0 Å². The number of nitrogens with two attached hydrogens (primary N) is 1. The third-order valence-corrected chi connectivity index (χ3v) is 2.78. The lowest BCUT2D eigenvalue weighted by Crippen LogP contribution is -2.36. The SMILES string of the molecule is CCN(C(C)C)C(C)C.NOCc1ccccc1. The third-order valence-electron chi connectivity index (χ3n) is 2.78. The Bertz CT molecular complexity index is 278. The van der Waals surface area contributed by atoms with E-state index in [2.05, 4.69) is 44.4 Å². The normalized spacial score (nSPS) is 10.7. The van der Waals surface area contributed by atoms with Crippen LogP contribution in [0.25, 0.3) is 0 Å². The summed E-state index contributed by atoms with van der Waals surface area (Å²) in [5.41, 5.74) is 1.10. The molecule has 0 saturated carbocycles. The summed E-state index contributed by atoms with van der Waals surface area (Å²) in [6, 6.07) is 11.2. The zero-order chi connectivity index (χ0) is 14.0. The molecule has 1 rings (SSSR count). The van der Waals surface area contributed by atoms with Gasteiger partial charge in [0.05, 0.1) is 6.61 Å². The highest BCUT2D eigenvalue weighted by Crippen LogP contribution is 2.02. The van der Waals surface area contributed by atoms with Gasteiger partial charge in [0, 0.05) is 12.1 Å². The molecule has 2 N–H and O–H groups in total. The van der Waals surface area contributed by atoms with Crippen molar-refractivity contribution in [2.75, 3.05) is 6.54 Å². The van der Waals surface area contributed by atoms with Crippen molar-refractivity contribution < 1.29 is 4.84 Å². The molecule has 0 spiro atoms. The van der Waals surface area contributed by atoms with Gasteiger partial charge in [0.25, 0.3) is 0 Å². The first-order valence-corrected chi connectivity index (χ1v) is 6.64. The minimum atomic E-state index is 0.487. The second-order valence-electron chi connectivity index (χ2n) is 4.81. The molecule has 104 valence electrons. The van der Waals surface area contributed by atoms with Gasteiger partial charge in [-0.05, 0) is 39.8 Å². The predicted octanol–water partition coefficient (Wildman–Crippen LogP) is 3.20. The van der Waals surface area contributed by atoms with Gasteiger partial charge in [0.15, 0.2) is 0 Å². The zero-order valence-electron chi connectivity index (χ0n) is 12.4. The second-order valence-corrected chi connectivity index (χ2v) is 4.81. The molecule has 3 heteroatoms. The summed E-state index contributed by atoms with van der Waals surface area (Å²) in [7, 11) is 0. The fraction of sp³-hybridized carbons (Fsp3) is 0.600. The van der Waals surface area contributed by atoms with E-state index < -0.39 is 0 Å². The number of hydrogen-bond acceptors (Lipinski definition) is 3. The lowest BCUT2D eigenvalue weighted by Gasteiger charge is -2.28. The van der Waals surface area contributed by atoms with Crippen LogP contribution in [0.4, 0.5) is 0 Å². The van der Waals surface area contributed by atoms with Crippen LogP contribution in [0.1, 0.15) is 40.2 Å². The summed E-state index contributed by atoms with van der Waals surface area (Å²) in [6.07, 6.45) is 0. The topological polar surface area (TPSA) is 38.5 Å². The fourth-order valence-electron chi connectivity index (χ4n) is 2.00. The van der Waals surface area contributed by atoms with Crippen molar-refractivity contribution in [3.63, 3.8) is 0 Å². The Hall–Kier alpha value is -0.900. The van der Waals surface area contributed by atoms with E-state index in [0.717, 1.165) is 12.1 Å². The van der Waals surface area contributed by atoms with E-state index in [1.807, 2.05) is 30.3 Å². The van der Waals surface area contributed by atoms with Gasteiger partial charge >= 0.3 is 0 Å². The molecule has 0 saturated heterocycles. The quantitative estimate of drug-likeness (QED) is 0.818. The van der Waals surface area contributed by atoms with Crippen molar-refractivity contribution in [2.45, 2.75) is 53.3 Å². The van der Waals surface area contributed by atoms with E-state index in [4.69, 9.17) is 5.90 Å². The van der Waals surface area contributed by atoms with E-state index in [9.17, 15) is 0 Å². The van der Waals surface area contributed by atoms with Crippen LogP contribution in [0.2, 0.25) is 0 Å². The van der Waals surface area contributed by atoms with Crippen LogP contribution < -0.4 is 5.90 Å². The maximum absolute atomic E-state index is 4.86. The molecule has 0 heterocycles. The van der Waals surface area contributed by atoms with Crippen molar-refractivity contribution in [2.24, 2.45) is 5.90 Å². The Labute approximate surface area is 112 Å². The average Bonchev–Trinajstić information content (AvgIpc) is 2.31. The molecular weight excluding hydrogens is 224 g/mol. The summed E-state index contributed by atoms with van der Waals surface area (Å²) in [5.74, 6) is 4.86. The molecule has 3 nitrogen and oxygen atoms in total. The maximum atomic E-state index is 4.86. The first kappa shape index (κ1) is 17.1. The number of rotatable bonds is 5. The van der Waals surface area contributed by atoms with Crippen LogP contribution in [0.5, 0.6) is 0 Å². The summed E-state index contributed by atoms with van der Waals surface area (Å²) < 4.78 is 0. The molecule has 0 amide bonds. The molecule has 0 fully saturated rings. The summed E-state index contributed by atoms with van der Waals surface area (Å²) >= 11 is 0. The van der Waals surface area contributed by atoms with Crippen molar-refractivity contribution in [1.29, 1.82) is 0 Å². The molecule has 1 aromatic carbocycles. The molecule has 0 radical (unpaired) electrons. The van der Waals surface area contributed by atoms with Gasteiger partial charge in [0.2, 0.25) is 0 Å². The van der Waals surface area contributed by atoms with Crippen LogP contribution in [0.3, 0.4) is 0 Å². The van der Waals surface area contributed by atoms with E-state index in [1.165, 1.54) is 0 Å².